The molecule has 0 spiro atoms. The van der Waals surface area contributed by atoms with Gasteiger partial charge in [-0.1, -0.05) is 6.07 Å². The third kappa shape index (κ3) is 4.52. The summed E-state index contributed by atoms with van der Waals surface area (Å²) in [6.07, 6.45) is 1.42. The summed E-state index contributed by atoms with van der Waals surface area (Å²) in [5.41, 5.74) is 6.10. The van der Waals surface area contributed by atoms with Crippen molar-refractivity contribution in [3.05, 3.63) is 58.6 Å². The molecule has 11 heteroatoms. The number of nitrogens with zero attached hydrogens (tertiary/aromatic N) is 2. The van der Waals surface area contributed by atoms with Crippen molar-refractivity contribution < 1.29 is 14.4 Å². The molecule has 3 rings (SSSR count). The number of H-pyrrole nitrogens is 1. The summed E-state index contributed by atoms with van der Waals surface area (Å²) < 4.78 is 1.23. The first kappa shape index (κ1) is 18.6. The number of benzene rings is 1. The fourth-order valence-corrected chi connectivity index (χ4v) is 2.39. The molecular formula is C17H17N7O4. The van der Waals surface area contributed by atoms with E-state index in [1.165, 1.54) is 10.6 Å². The number of anilines is 2. The van der Waals surface area contributed by atoms with Crippen molar-refractivity contribution >= 4 is 34.9 Å². The molecular weight excluding hydrogens is 366 g/mol. The zero-order valence-corrected chi connectivity index (χ0v) is 14.6. The molecule has 4 amide bonds. The summed E-state index contributed by atoms with van der Waals surface area (Å²) in [7, 11) is 0. The van der Waals surface area contributed by atoms with Crippen molar-refractivity contribution in [3.63, 3.8) is 0 Å². The molecule has 0 saturated heterocycles. The Morgan fingerprint density at radius 1 is 1.11 bits per heavy atom. The van der Waals surface area contributed by atoms with Crippen molar-refractivity contribution in [1.82, 2.24) is 19.9 Å². The second kappa shape index (κ2) is 8.03. The van der Waals surface area contributed by atoms with Gasteiger partial charge in [0.1, 0.15) is 0 Å². The Bertz CT molecular complexity index is 1100. The van der Waals surface area contributed by atoms with Crippen molar-refractivity contribution in [2.24, 2.45) is 5.73 Å². The molecule has 0 saturated carbocycles. The zero-order valence-electron chi connectivity index (χ0n) is 14.6. The quantitative estimate of drug-likeness (QED) is 0.412. The number of rotatable bonds is 6. The van der Waals surface area contributed by atoms with E-state index in [4.69, 9.17) is 5.73 Å². The first-order valence-electron chi connectivity index (χ1n) is 8.24. The van der Waals surface area contributed by atoms with Crippen LogP contribution in [-0.4, -0.2) is 39.0 Å². The molecule has 0 aliphatic rings. The van der Waals surface area contributed by atoms with Gasteiger partial charge in [-0.15, -0.1) is 0 Å². The number of primary amides is 1. The molecule has 144 valence electrons. The average Bonchev–Trinajstić information content (AvgIpc) is 3.02. The smallest absolute Gasteiger partial charge is 0.347 e. The molecule has 1 aromatic carbocycles. The van der Waals surface area contributed by atoms with Crippen LogP contribution >= 0.6 is 0 Å². The Morgan fingerprint density at radius 3 is 2.61 bits per heavy atom. The number of fused-ring (bicyclic) bond motifs is 1. The van der Waals surface area contributed by atoms with E-state index in [9.17, 15) is 19.2 Å². The lowest BCUT2D eigenvalue weighted by atomic mass is 10.2. The molecule has 0 fully saturated rings. The van der Waals surface area contributed by atoms with Gasteiger partial charge in [0.25, 0.3) is 5.91 Å². The van der Waals surface area contributed by atoms with Crippen molar-refractivity contribution in [2.45, 2.75) is 6.42 Å². The van der Waals surface area contributed by atoms with Crippen molar-refractivity contribution in [3.8, 4) is 0 Å². The number of amides is 4. The highest BCUT2D eigenvalue weighted by molar-refractivity contribution is 6.04. The minimum absolute atomic E-state index is 0.0353. The zero-order chi connectivity index (χ0) is 20.1. The lowest BCUT2D eigenvalue weighted by Crippen LogP contribution is -2.31. The van der Waals surface area contributed by atoms with Gasteiger partial charge in [-0.25, -0.2) is 19.1 Å². The van der Waals surface area contributed by atoms with Crippen LogP contribution in [-0.2, 0) is 4.79 Å². The monoisotopic (exact) mass is 383 g/mol. The maximum Gasteiger partial charge on any atom is 0.347 e. The summed E-state index contributed by atoms with van der Waals surface area (Å²) in [5, 5.41) is 13.9. The van der Waals surface area contributed by atoms with Crippen LogP contribution in [0.1, 0.15) is 16.8 Å². The number of hydrogen-bond donors (Lipinski definition) is 5. The van der Waals surface area contributed by atoms with Crippen LogP contribution in [0.2, 0.25) is 0 Å². The van der Waals surface area contributed by atoms with E-state index in [1.807, 2.05) is 0 Å². The van der Waals surface area contributed by atoms with Gasteiger partial charge in [0.15, 0.2) is 5.65 Å². The van der Waals surface area contributed by atoms with Crippen molar-refractivity contribution in [1.29, 1.82) is 0 Å². The average molecular weight is 383 g/mol. The molecule has 28 heavy (non-hydrogen) atoms. The molecule has 0 aliphatic heterocycles. The van der Waals surface area contributed by atoms with Crippen LogP contribution in [0.25, 0.3) is 5.65 Å². The summed E-state index contributed by atoms with van der Waals surface area (Å²) >= 11 is 0. The van der Waals surface area contributed by atoms with E-state index in [0.717, 1.165) is 0 Å². The molecule has 0 radical (unpaired) electrons. The van der Waals surface area contributed by atoms with E-state index in [2.05, 4.69) is 26.1 Å². The van der Waals surface area contributed by atoms with Gasteiger partial charge in [-0.2, -0.15) is 5.10 Å². The predicted molar refractivity (Wildman–Crippen MR) is 101 cm³/mol. The third-order valence-electron chi connectivity index (χ3n) is 3.71. The number of nitrogens with one attached hydrogen (secondary N) is 4. The number of carbonyl (C=O) groups excluding carboxylic acids is 3. The minimum Gasteiger partial charge on any atom is -0.370 e. The van der Waals surface area contributed by atoms with Gasteiger partial charge in [0, 0.05) is 30.5 Å². The molecule has 0 unspecified atom stereocenters. The van der Waals surface area contributed by atoms with Gasteiger partial charge in [-0.3, -0.25) is 9.59 Å². The highest BCUT2D eigenvalue weighted by atomic mass is 16.2. The molecule has 0 aliphatic carbocycles. The minimum atomic E-state index is -0.513. The highest BCUT2D eigenvalue weighted by Crippen LogP contribution is 2.16. The maximum absolute atomic E-state index is 12.4. The van der Waals surface area contributed by atoms with Crippen LogP contribution < -0.4 is 27.4 Å². The summed E-state index contributed by atoms with van der Waals surface area (Å²) in [6.45, 7) is 0.119. The number of carbonyl (C=O) groups is 3. The van der Waals surface area contributed by atoms with Crippen LogP contribution in [0.15, 0.2) is 47.4 Å². The van der Waals surface area contributed by atoms with Gasteiger partial charge < -0.3 is 21.7 Å². The first-order valence-corrected chi connectivity index (χ1v) is 8.24. The number of urea groups is 1. The fourth-order valence-electron chi connectivity index (χ4n) is 2.39. The highest BCUT2D eigenvalue weighted by Gasteiger charge is 2.10. The molecule has 2 aromatic heterocycles. The molecule has 11 nitrogen and oxygen atoms in total. The normalized spacial score (nSPS) is 10.4. The van der Waals surface area contributed by atoms with Crippen LogP contribution in [0.4, 0.5) is 16.2 Å². The molecule has 0 atom stereocenters. The van der Waals surface area contributed by atoms with Gasteiger partial charge in [-0.05, 0) is 30.3 Å². The lowest BCUT2D eigenvalue weighted by molar-refractivity contribution is -0.117. The molecule has 6 N–H and O–H groups in total. The standard InChI is InChI=1S/C17H17N7O4/c18-13(25)6-7-19-16(27)21-12-3-1-2-11(8-12)20-15(26)10-4-5-14-22-23-17(28)24(14)9-10/h1-5,8-9H,6-7H2,(H2,18,25)(H,20,26)(H,23,28)(H2,19,21,27). The van der Waals surface area contributed by atoms with E-state index in [1.54, 1.807) is 36.4 Å². The predicted octanol–water partition coefficient (Wildman–Crippen LogP) is 0.272. The number of nitrogens with two attached hydrogens (primary N) is 1. The lowest BCUT2D eigenvalue weighted by Gasteiger charge is -2.10. The Morgan fingerprint density at radius 2 is 1.86 bits per heavy atom. The van der Waals surface area contributed by atoms with Crippen LogP contribution in [0, 0.1) is 0 Å². The topological polar surface area (TPSA) is 163 Å². The summed E-state index contributed by atoms with van der Waals surface area (Å²) in [6, 6.07) is 9.08. The molecule has 2 heterocycles. The summed E-state index contributed by atoms with van der Waals surface area (Å²) in [4.78, 5) is 46.5. The Hall–Kier alpha value is -4.15. The van der Waals surface area contributed by atoms with Gasteiger partial charge >= 0.3 is 11.7 Å². The Kier molecular flexibility index (Phi) is 5.35. The number of aromatic nitrogens is 3. The van der Waals surface area contributed by atoms with Crippen molar-refractivity contribution in [2.75, 3.05) is 17.2 Å². The molecule has 0 bridgehead atoms. The van der Waals surface area contributed by atoms with Gasteiger partial charge in [0.2, 0.25) is 5.91 Å². The van der Waals surface area contributed by atoms with Crippen LogP contribution in [0.5, 0.6) is 0 Å². The largest absolute Gasteiger partial charge is 0.370 e. The van der Waals surface area contributed by atoms with Gasteiger partial charge in [0.05, 0.1) is 5.56 Å². The van der Waals surface area contributed by atoms with E-state index in [-0.39, 0.29) is 18.5 Å². The van der Waals surface area contributed by atoms with E-state index >= 15 is 0 Å². The Labute approximate surface area is 157 Å². The second-order valence-corrected chi connectivity index (χ2v) is 5.81. The van der Waals surface area contributed by atoms with E-state index < -0.39 is 23.5 Å². The number of hydrogen-bond acceptors (Lipinski definition) is 5. The first-order chi connectivity index (χ1) is 13.4. The number of pyridine rings is 1. The third-order valence-corrected chi connectivity index (χ3v) is 3.71. The second-order valence-electron chi connectivity index (χ2n) is 5.81. The number of aromatic amines is 1. The Balaban J connectivity index is 1.65. The van der Waals surface area contributed by atoms with E-state index in [0.29, 0.717) is 17.0 Å². The fraction of sp³-hybridized carbons (Fsp3) is 0.118. The summed E-state index contributed by atoms with van der Waals surface area (Å²) in [5.74, 6) is -0.945. The van der Waals surface area contributed by atoms with Crippen LogP contribution in [0.3, 0.4) is 0 Å². The SMILES string of the molecule is NC(=O)CCNC(=O)Nc1cccc(NC(=O)c2ccc3n[nH]c(=O)n3c2)c1. The maximum atomic E-state index is 12.4. The molecule has 3 aromatic rings.